The van der Waals surface area contributed by atoms with Crippen molar-refractivity contribution in [2.45, 2.75) is 70.6 Å². The van der Waals surface area contributed by atoms with Gasteiger partial charge in [-0.05, 0) is 25.7 Å². The third-order valence-electron chi connectivity index (χ3n) is 3.34. The summed E-state index contributed by atoms with van der Waals surface area (Å²) in [6, 6.07) is 0. The molecule has 4 nitrogen and oxygen atoms in total. The largest absolute Gasteiger partial charge is 0.469 e. The third-order valence-corrected chi connectivity index (χ3v) is 3.34. The number of ether oxygens (including phenoxy) is 2. The van der Waals surface area contributed by atoms with E-state index in [1.807, 2.05) is 0 Å². The average Bonchev–Trinajstić information content (AvgIpc) is 2.47. The van der Waals surface area contributed by atoms with Gasteiger partial charge in [0.15, 0.2) is 0 Å². The monoisotopic (exact) mass is 288 g/mol. The lowest BCUT2D eigenvalue weighted by molar-refractivity contribution is -0.140. The average molecular weight is 288 g/mol. The van der Waals surface area contributed by atoms with Crippen molar-refractivity contribution < 1.29 is 19.4 Å². The fraction of sp³-hybridized carbons (Fsp3) is 0.938. The maximum Gasteiger partial charge on any atom is 0.305 e. The van der Waals surface area contributed by atoms with Crippen molar-refractivity contribution in [2.75, 3.05) is 26.9 Å². The minimum absolute atomic E-state index is 0.0996. The number of carbonyl (C=O) groups is 1. The van der Waals surface area contributed by atoms with Crippen LogP contribution in [0.15, 0.2) is 0 Å². The van der Waals surface area contributed by atoms with Crippen LogP contribution in [0.4, 0.5) is 0 Å². The van der Waals surface area contributed by atoms with Gasteiger partial charge in [0, 0.05) is 26.2 Å². The molecule has 0 fully saturated rings. The molecule has 0 aromatic rings. The van der Waals surface area contributed by atoms with Crippen LogP contribution in [0.2, 0.25) is 0 Å². The highest BCUT2D eigenvalue weighted by Crippen LogP contribution is 2.08. The highest BCUT2D eigenvalue weighted by molar-refractivity contribution is 5.68. The van der Waals surface area contributed by atoms with Crippen LogP contribution in [0, 0.1) is 0 Å². The molecular formula is C16H32O4. The number of esters is 1. The molecule has 0 saturated carbocycles. The van der Waals surface area contributed by atoms with Crippen molar-refractivity contribution in [3.63, 3.8) is 0 Å². The van der Waals surface area contributed by atoms with E-state index in [0.717, 1.165) is 58.2 Å². The van der Waals surface area contributed by atoms with Crippen LogP contribution in [-0.2, 0) is 14.3 Å². The fourth-order valence-corrected chi connectivity index (χ4v) is 2.05. The molecule has 0 aromatic heterocycles. The first-order chi connectivity index (χ1) is 9.81. The van der Waals surface area contributed by atoms with Gasteiger partial charge in [-0.1, -0.05) is 38.5 Å². The molecule has 120 valence electrons. The number of carbonyl (C=O) groups excluding carboxylic acids is 1. The third kappa shape index (κ3) is 15.4. The molecule has 0 saturated heterocycles. The number of unbranched alkanes of at least 4 members (excludes halogenated alkanes) is 8. The van der Waals surface area contributed by atoms with E-state index in [-0.39, 0.29) is 5.97 Å². The zero-order chi connectivity index (χ0) is 14.9. The second-order valence-electron chi connectivity index (χ2n) is 5.20. The van der Waals surface area contributed by atoms with Crippen molar-refractivity contribution in [2.24, 2.45) is 0 Å². The van der Waals surface area contributed by atoms with Gasteiger partial charge < -0.3 is 14.6 Å². The fourth-order valence-electron chi connectivity index (χ4n) is 2.05. The second kappa shape index (κ2) is 16.4. The number of aliphatic hydroxyl groups is 1. The first-order valence-electron chi connectivity index (χ1n) is 8.06. The summed E-state index contributed by atoms with van der Waals surface area (Å²) < 4.78 is 10.2. The van der Waals surface area contributed by atoms with Gasteiger partial charge in [-0.15, -0.1) is 0 Å². The summed E-state index contributed by atoms with van der Waals surface area (Å²) in [6.45, 7) is 2.02. The number of hydrogen-bond acceptors (Lipinski definition) is 4. The maximum atomic E-state index is 10.9. The minimum atomic E-state index is -0.0996. The summed E-state index contributed by atoms with van der Waals surface area (Å²) in [5.41, 5.74) is 0. The molecule has 0 aliphatic rings. The highest BCUT2D eigenvalue weighted by atomic mass is 16.5. The van der Waals surface area contributed by atoms with Crippen LogP contribution in [0.3, 0.4) is 0 Å². The summed E-state index contributed by atoms with van der Waals surface area (Å²) in [4.78, 5) is 10.9. The predicted octanol–water partition coefficient (Wildman–Crippen LogP) is 3.46. The zero-order valence-electron chi connectivity index (χ0n) is 13.1. The summed E-state index contributed by atoms with van der Waals surface area (Å²) in [6.07, 6.45) is 11.6. The van der Waals surface area contributed by atoms with Gasteiger partial charge in [0.05, 0.1) is 7.11 Å². The van der Waals surface area contributed by atoms with Crippen molar-refractivity contribution in [3.05, 3.63) is 0 Å². The SMILES string of the molecule is COC(=O)CCCCCCCCOCCCCCCO. The molecular weight excluding hydrogens is 256 g/mol. The second-order valence-corrected chi connectivity index (χ2v) is 5.20. The molecule has 0 amide bonds. The minimum Gasteiger partial charge on any atom is -0.469 e. The molecule has 4 heteroatoms. The van der Waals surface area contributed by atoms with Crippen LogP contribution in [0.1, 0.15) is 70.6 Å². The van der Waals surface area contributed by atoms with Crippen LogP contribution in [0.5, 0.6) is 0 Å². The Kier molecular flexibility index (Phi) is 15.9. The summed E-state index contributed by atoms with van der Waals surface area (Å²) in [5, 5.41) is 8.63. The van der Waals surface area contributed by atoms with E-state index in [1.54, 1.807) is 0 Å². The van der Waals surface area contributed by atoms with Gasteiger partial charge in [0.25, 0.3) is 0 Å². The van der Waals surface area contributed by atoms with Gasteiger partial charge in [-0.2, -0.15) is 0 Å². The molecule has 20 heavy (non-hydrogen) atoms. The normalized spacial score (nSPS) is 10.7. The highest BCUT2D eigenvalue weighted by Gasteiger charge is 1.99. The van der Waals surface area contributed by atoms with Crippen molar-refractivity contribution in [1.29, 1.82) is 0 Å². The standard InChI is InChI=1S/C16H32O4/c1-19-16(18)12-8-4-2-3-6-10-14-20-15-11-7-5-9-13-17/h17H,2-15H2,1H3. The Morgan fingerprint density at radius 3 is 1.85 bits per heavy atom. The van der Waals surface area contributed by atoms with Crippen LogP contribution < -0.4 is 0 Å². The van der Waals surface area contributed by atoms with E-state index in [9.17, 15) is 4.79 Å². The van der Waals surface area contributed by atoms with E-state index in [1.165, 1.54) is 26.4 Å². The molecule has 0 rings (SSSR count). The van der Waals surface area contributed by atoms with Crippen molar-refractivity contribution in [1.82, 2.24) is 0 Å². The lowest BCUT2D eigenvalue weighted by atomic mass is 10.1. The van der Waals surface area contributed by atoms with Crippen LogP contribution in [-0.4, -0.2) is 38.0 Å². The van der Waals surface area contributed by atoms with Crippen molar-refractivity contribution >= 4 is 5.97 Å². The van der Waals surface area contributed by atoms with Gasteiger partial charge in [-0.3, -0.25) is 4.79 Å². The molecule has 0 spiro atoms. The maximum absolute atomic E-state index is 10.9. The topological polar surface area (TPSA) is 55.8 Å². The number of rotatable bonds is 15. The molecule has 0 aliphatic carbocycles. The van der Waals surface area contributed by atoms with E-state index < -0.39 is 0 Å². The molecule has 1 N–H and O–H groups in total. The van der Waals surface area contributed by atoms with Gasteiger partial charge in [-0.25, -0.2) is 0 Å². The summed E-state index contributed by atoms with van der Waals surface area (Å²) in [5.74, 6) is -0.0996. The predicted molar refractivity (Wildman–Crippen MR) is 80.7 cm³/mol. The summed E-state index contributed by atoms with van der Waals surface area (Å²) in [7, 11) is 1.44. The number of hydrogen-bond donors (Lipinski definition) is 1. The van der Waals surface area contributed by atoms with Crippen LogP contribution >= 0.6 is 0 Å². The van der Waals surface area contributed by atoms with Crippen molar-refractivity contribution in [3.8, 4) is 0 Å². The molecule has 0 aliphatic heterocycles. The van der Waals surface area contributed by atoms with Crippen LogP contribution in [0.25, 0.3) is 0 Å². The Balaban J connectivity index is 2.97. The Morgan fingerprint density at radius 1 is 0.800 bits per heavy atom. The lowest BCUT2D eigenvalue weighted by Gasteiger charge is -2.04. The Bertz CT molecular complexity index is 207. The molecule has 0 heterocycles. The molecule has 0 radical (unpaired) electrons. The summed E-state index contributed by atoms with van der Waals surface area (Å²) >= 11 is 0. The Labute approximate surface area is 123 Å². The first kappa shape index (κ1) is 19.4. The molecule has 0 aromatic carbocycles. The number of aliphatic hydroxyl groups excluding tert-OH is 1. The van der Waals surface area contributed by atoms with Gasteiger partial charge >= 0.3 is 5.97 Å². The van der Waals surface area contributed by atoms with E-state index in [0.29, 0.717) is 13.0 Å². The lowest BCUT2D eigenvalue weighted by Crippen LogP contribution is -1.99. The zero-order valence-corrected chi connectivity index (χ0v) is 13.1. The smallest absolute Gasteiger partial charge is 0.305 e. The molecule has 0 bridgehead atoms. The Hall–Kier alpha value is -0.610. The first-order valence-corrected chi connectivity index (χ1v) is 8.06. The van der Waals surface area contributed by atoms with E-state index >= 15 is 0 Å². The quantitative estimate of drug-likeness (QED) is 0.370. The van der Waals surface area contributed by atoms with Gasteiger partial charge in [0.1, 0.15) is 0 Å². The van der Waals surface area contributed by atoms with E-state index in [4.69, 9.17) is 9.84 Å². The molecule has 0 unspecified atom stereocenters. The number of methoxy groups -OCH3 is 1. The van der Waals surface area contributed by atoms with Gasteiger partial charge in [0.2, 0.25) is 0 Å². The Morgan fingerprint density at radius 2 is 1.30 bits per heavy atom. The van der Waals surface area contributed by atoms with E-state index in [2.05, 4.69) is 4.74 Å². The molecule has 0 atom stereocenters.